The first-order valence-electron chi connectivity index (χ1n) is 10.2. The minimum atomic E-state index is -0.199. The van der Waals surface area contributed by atoms with E-state index in [0.717, 1.165) is 37.2 Å². The van der Waals surface area contributed by atoms with E-state index in [1.54, 1.807) is 6.33 Å². The number of nitrogens with two attached hydrogens (primary N) is 1. The first-order chi connectivity index (χ1) is 14.4. The van der Waals surface area contributed by atoms with Crippen LogP contribution < -0.4 is 16.0 Å². The zero-order chi connectivity index (χ0) is 21.3. The molecule has 1 saturated heterocycles. The number of carbonyl (C=O) groups excluding carboxylic acids is 1. The molecule has 8 nitrogen and oxygen atoms in total. The van der Waals surface area contributed by atoms with Crippen LogP contribution in [0.1, 0.15) is 38.3 Å². The third-order valence-electron chi connectivity index (χ3n) is 5.63. The second-order valence-electron chi connectivity index (χ2n) is 7.91. The fourth-order valence-corrected chi connectivity index (χ4v) is 4.11. The molecule has 158 valence electrons. The Labute approximate surface area is 180 Å². The summed E-state index contributed by atoms with van der Waals surface area (Å²) >= 11 is 6.18. The number of halogens is 1. The third-order valence-corrected chi connectivity index (χ3v) is 5.80. The van der Waals surface area contributed by atoms with Gasteiger partial charge in [0.05, 0.1) is 6.33 Å². The molecule has 1 aliphatic rings. The number of aromatic nitrogens is 4. The molecule has 1 amide bonds. The number of primary amides is 1. The number of amides is 1. The molecule has 0 radical (unpaired) electrons. The summed E-state index contributed by atoms with van der Waals surface area (Å²) in [5, 5.41) is 3.58. The molecule has 1 fully saturated rings. The van der Waals surface area contributed by atoms with Gasteiger partial charge in [0.1, 0.15) is 0 Å². The lowest BCUT2D eigenvalue weighted by Gasteiger charge is -2.33. The number of fused-ring (bicyclic) bond motifs is 1. The quantitative estimate of drug-likeness (QED) is 0.585. The Bertz CT molecular complexity index is 1060. The minimum absolute atomic E-state index is 0.0287. The van der Waals surface area contributed by atoms with Gasteiger partial charge in [0, 0.05) is 37.3 Å². The zero-order valence-electron chi connectivity index (χ0n) is 17.2. The number of hydrogen-bond acceptors (Lipinski definition) is 6. The lowest BCUT2D eigenvalue weighted by atomic mass is 9.95. The summed E-state index contributed by atoms with van der Waals surface area (Å²) in [7, 11) is 0. The molecule has 30 heavy (non-hydrogen) atoms. The monoisotopic (exact) mass is 427 g/mol. The van der Waals surface area contributed by atoms with Crippen LogP contribution in [-0.4, -0.2) is 38.5 Å². The molecule has 3 aromatic rings. The van der Waals surface area contributed by atoms with Crippen LogP contribution >= 0.6 is 11.6 Å². The van der Waals surface area contributed by atoms with Crippen molar-refractivity contribution >= 4 is 40.2 Å². The smallest absolute Gasteiger partial charge is 0.226 e. The van der Waals surface area contributed by atoms with Crippen molar-refractivity contribution < 1.29 is 4.79 Å². The van der Waals surface area contributed by atoms with E-state index in [1.807, 2.05) is 16.7 Å². The predicted molar refractivity (Wildman–Crippen MR) is 119 cm³/mol. The fourth-order valence-electron chi connectivity index (χ4n) is 3.94. The maximum absolute atomic E-state index is 11.5. The largest absolute Gasteiger partial charge is 0.371 e. The number of hydrogen-bond donors (Lipinski definition) is 2. The first kappa shape index (κ1) is 20.4. The Morgan fingerprint density at radius 3 is 2.70 bits per heavy atom. The van der Waals surface area contributed by atoms with Crippen LogP contribution in [0.3, 0.4) is 0 Å². The zero-order valence-corrected chi connectivity index (χ0v) is 17.9. The molecular formula is C21H26ClN7O. The van der Waals surface area contributed by atoms with Crippen molar-refractivity contribution in [3.8, 4) is 0 Å². The van der Waals surface area contributed by atoms with Gasteiger partial charge in [-0.2, -0.15) is 9.97 Å². The highest BCUT2D eigenvalue weighted by Gasteiger charge is 2.24. The molecule has 1 aromatic carbocycles. The van der Waals surface area contributed by atoms with Crippen LogP contribution in [0, 0.1) is 5.92 Å². The van der Waals surface area contributed by atoms with Gasteiger partial charge in [-0.05, 0) is 49.9 Å². The van der Waals surface area contributed by atoms with E-state index < -0.39 is 0 Å². The number of nitrogens with one attached hydrogen (secondary N) is 1. The Kier molecular flexibility index (Phi) is 5.76. The van der Waals surface area contributed by atoms with Crippen molar-refractivity contribution in [2.75, 3.05) is 23.3 Å². The van der Waals surface area contributed by atoms with Gasteiger partial charge < -0.3 is 20.5 Å². The number of benzene rings is 1. The summed E-state index contributed by atoms with van der Waals surface area (Å²) in [6.45, 7) is 6.34. The van der Waals surface area contributed by atoms with Gasteiger partial charge in [-0.15, -0.1) is 0 Å². The van der Waals surface area contributed by atoms with Crippen molar-refractivity contribution in [3.63, 3.8) is 0 Å². The number of anilines is 2. The second-order valence-corrected chi connectivity index (χ2v) is 8.24. The topological polar surface area (TPSA) is 102 Å². The predicted octanol–water partition coefficient (Wildman–Crippen LogP) is 3.37. The molecule has 1 aliphatic heterocycles. The number of piperidine rings is 1. The van der Waals surface area contributed by atoms with Gasteiger partial charge in [-0.1, -0.05) is 18.2 Å². The fraction of sp³-hybridized carbons (Fsp3) is 0.429. The second kappa shape index (κ2) is 8.47. The van der Waals surface area contributed by atoms with Crippen LogP contribution in [0.25, 0.3) is 11.2 Å². The Hall–Kier alpha value is -2.87. The third kappa shape index (κ3) is 4.05. The van der Waals surface area contributed by atoms with Crippen LogP contribution in [0.4, 0.5) is 11.5 Å². The van der Waals surface area contributed by atoms with Crippen molar-refractivity contribution in [1.29, 1.82) is 0 Å². The van der Waals surface area contributed by atoms with Gasteiger partial charge in [0.25, 0.3) is 0 Å². The number of para-hydroxylation sites is 1. The molecule has 2 aromatic heterocycles. The van der Waals surface area contributed by atoms with Gasteiger partial charge in [-0.25, -0.2) is 4.98 Å². The highest BCUT2D eigenvalue weighted by Crippen LogP contribution is 2.28. The maximum Gasteiger partial charge on any atom is 0.226 e. The molecule has 0 saturated carbocycles. The van der Waals surface area contributed by atoms with E-state index in [1.165, 1.54) is 0 Å². The molecular weight excluding hydrogens is 402 g/mol. The van der Waals surface area contributed by atoms with Crippen molar-refractivity contribution in [2.24, 2.45) is 11.7 Å². The summed E-state index contributed by atoms with van der Waals surface area (Å²) < 4.78 is 1.98. The first-order valence-corrected chi connectivity index (χ1v) is 10.6. The number of imidazole rings is 1. The minimum Gasteiger partial charge on any atom is -0.371 e. The van der Waals surface area contributed by atoms with Crippen LogP contribution in [0.5, 0.6) is 0 Å². The van der Waals surface area contributed by atoms with E-state index in [0.29, 0.717) is 23.5 Å². The number of rotatable bonds is 6. The molecule has 4 rings (SSSR count). The Morgan fingerprint density at radius 1 is 1.27 bits per heavy atom. The molecule has 9 heteroatoms. The Balaban J connectivity index is 1.55. The van der Waals surface area contributed by atoms with E-state index in [2.05, 4.69) is 51.1 Å². The van der Waals surface area contributed by atoms with E-state index >= 15 is 0 Å². The van der Waals surface area contributed by atoms with Gasteiger partial charge >= 0.3 is 0 Å². The molecule has 3 heterocycles. The average molecular weight is 428 g/mol. The standard InChI is InChI=1S/C21H26ClN7O/c1-13(2)29-12-25-17-19(26-21(22)27-20(17)29)24-11-15-5-3-4-6-16(15)28-9-7-14(8-10-28)18(23)30/h3-6,12-14H,7-11H2,1-2H3,(H2,23,30)(H,24,26,27). The highest BCUT2D eigenvalue weighted by atomic mass is 35.5. The van der Waals surface area contributed by atoms with Crippen molar-refractivity contribution in [2.45, 2.75) is 39.3 Å². The van der Waals surface area contributed by atoms with Gasteiger partial charge in [0.15, 0.2) is 17.0 Å². The number of carbonyl (C=O) groups is 1. The summed E-state index contributed by atoms with van der Waals surface area (Å²) in [6.07, 6.45) is 3.33. The van der Waals surface area contributed by atoms with E-state index in [4.69, 9.17) is 17.3 Å². The van der Waals surface area contributed by atoms with Gasteiger partial charge in [-0.3, -0.25) is 4.79 Å². The van der Waals surface area contributed by atoms with Crippen molar-refractivity contribution in [3.05, 3.63) is 41.4 Å². The highest BCUT2D eigenvalue weighted by molar-refractivity contribution is 6.28. The maximum atomic E-state index is 11.5. The summed E-state index contributed by atoms with van der Waals surface area (Å²) in [5.41, 5.74) is 9.18. The normalized spacial score (nSPS) is 15.1. The molecule has 0 bridgehead atoms. The molecule has 0 spiro atoms. The molecule has 0 unspecified atom stereocenters. The summed E-state index contributed by atoms with van der Waals surface area (Å²) in [4.78, 5) is 27.0. The lowest BCUT2D eigenvalue weighted by molar-refractivity contribution is -0.122. The van der Waals surface area contributed by atoms with E-state index in [-0.39, 0.29) is 23.2 Å². The lowest BCUT2D eigenvalue weighted by Crippen LogP contribution is -2.39. The summed E-state index contributed by atoms with van der Waals surface area (Å²) in [5.74, 6) is 0.390. The average Bonchev–Trinajstić information content (AvgIpc) is 3.16. The SMILES string of the molecule is CC(C)n1cnc2c(NCc3ccccc3N3CCC(C(N)=O)CC3)nc(Cl)nc21. The Morgan fingerprint density at radius 2 is 2.00 bits per heavy atom. The van der Waals surface area contributed by atoms with E-state index in [9.17, 15) is 4.79 Å². The van der Waals surface area contributed by atoms with Crippen LogP contribution in [0.15, 0.2) is 30.6 Å². The molecule has 0 aliphatic carbocycles. The summed E-state index contributed by atoms with van der Waals surface area (Å²) in [6, 6.07) is 8.47. The van der Waals surface area contributed by atoms with Gasteiger partial charge in [0.2, 0.25) is 11.2 Å². The van der Waals surface area contributed by atoms with Crippen LogP contribution in [0.2, 0.25) is 5.28 Å². The molecule has 3 N–H and O–H groups in total. The number of nitrogens with zero attached hydrogens (tertiary/aromatic N) is 5. The molecule has 0 atom stereocenters. The van der Waals surface area contributed by atoms with Crippen LogP contribution in [-0.2, 0) is 11.3 Å². The van der Waals surface area contributed by atoms with Crippen molar-refractivity contribution in [1.82, 2.24) is 19.5 Å².